The molecule has 1 N–H and O–H groups in total. The van der Waals surface area contributed by atoms with Crippen LogP contribution in [0.4, 0.5) is 31.9 Å². The molecule has 0 saturated carbocycles. The van der Waals surface area contributed by atoms with Gasteiger partial charge < -0.3 is 39.0 Å². The normalized spacial score (nSPS) is 14.7. The van der Waals surface area contributed by atoms with Crippen LogP contribution in [0, 0.1) is 11.6 Å². The average molecular weight is 1030 g/mol. The largest absolute Gasteiger partial charge is 0.491 e. The van der Waals surface area contributed by atoms with Crippen molar-refractivity contribution in [2.45, 2.75) is 26.9 Å². The molecule has 17 heteroatoms. The standard InChI is InChI=1S/C21H23N3O2.C20H20N4O2.C18H15F2N3O/c1-15(2)26-18-6-3-16(4-7-18)17-5-8-19-20(13-17)23-21(14-22-19)24-9-11-25-12-10-24;1-14(25)22-17-4-2-3-15(11-17)16-5-6-18-19(12-16)23-20(13-21-18)24-7-9-26-10-8-24;19-14-3-1-12(9-15(14)20)13-2-4-16-17(10-13)22-18(11-21-16)23-5-7-24-8-6-23/h3-8,13-15H,9-12H2,1-2H3;2-6,11-13H,7-10H2,1H3,(H,22,25);1-4,9-11H,5-8H2. The summed E-state index contributed by atoms with van der Waals surface area (Å²) in [6.45, 7) is 14.8. The molecule has 6 heterocycles. The van der Waals surface area contributed by atoms with Crippen molar-refractivity contribution in [3.63, 3.8) is 0 Å². The molecule has 3 saturated heterocycles. The summed E-state index contributed by atoms with van der Waals surface area (Å²) in [4.78, 5) is 45.7. The molecule has 3 fully saturated rings. The summed E-state index contributed by atoms with van der Waals surface area (Å²) in [5.41, 5.74) is 11.5. The number of halogens is 2. The number of fused-ring (bicyclic) bond motifs is 3. The summed E-state index contributed by atoms with van der Waals surface area (Å²) >= 11 is 0. The number of benzene rings is 6. The minimum Gasteiger partial charge on any atom is -0.491 e. The predicted octanol–water partition coefficient (Wildman–Crippen LogP) is 10.4. The molecule has 6 aromatic carbocycles. The number of anilines is 4. The molecule has 76 heavy (non-hydrogen) atoms. The Morgan fingerprint density at radius 2 is 0.882 bits per heavy atom. The number of hydrogen-bond acceptors (Lipinski definition) is 14. The number of aromatic nitrogens is 6. The Bertz CT molecular complexity index is 3460. The van der Waals surface area contributed by atoms with Crippen LogP contribution in [0.15, 0.2) is 140 Å². The van der Waals surface area contributed by atoms with Crippen LogP contribution in [0.2, 0.25) is 0 Å². The maximum Gasteiger partial charge on any atom is 0.221 e. The smallest absolute Gasteiger partial charge is 0.221 e. The Morgan fingerprint density at radius 3 is 1.30 bits per heavy atom. The molecule has 9 aromatic rings. The highest BCUT2D eigenvalue weighted by atomic mass is 19.2. The quantitative estimate of drug-likeness (QED) is 0.146. The number of carbonyl (C=O) groups excluding carboxylic acids is 1. The zero-order chi connectivity index (χ0) is 52.4. The summed E-state index contributed by atoms with van der Waals surface area (Å²) < 4.78 is 48.5. The van der Waals surface area contributed by atoms with E-state index in [9.17, 15) is 13.6 Å². The number of rotatable bonds is 9. The van der Waals surface area contributed by atoms with Gasteiger partial charge in [-0.2, -0.15) is 0 Å². The van der Waals surface area contributed by atoms with Crippen LogP contribution in [0.25, 0.3) is 66.5 Å². The molecule has 0 spiro atoms. The third kappa shape index (κ3) is 12.8. The Hall–Kier alpha value is -8.25. The van der Waals surface area contributed by atoms with Gasteiger partial charge in [0.2, 0.25) is 5.91 Å². The van der Waals surface area contributed by atoms with Crippen molar-refractivity contribution in [1.82, 2.24) is 29.9 Å². The van der Waals surface area contributed by atoms with E-state index in [0.717, 1.165) is 162 Å². The van der Waals surface area contributed by atoms with E-state index in [0.29, 0.717) is 18.8 Å². The van der Waals surface area contributed by atoms with Crippen molar-refractivity contribution in [2.75, 3.05) is 98.9 Å². The topological polar surface area (TPSA) is 153 Å². The van der Waals surface area contributed by atoms with E-state index < -0.39 is 11.6 Å². The van der Waals surface area contributed by atoms with Crippen molar-refractivity contribution < 1.29 is 32.5 Å². The Kier molecular flexibility index (Phi) is 16.2. The second-order valence-corrected chi connectivity index (χ2v) is 18.7. The molecule has 15 nitrogen and oxygen atoms in total. The van der Waals surface area contributed by atoms with Crippen molar-refractivity contribution >= 4 is 62.1 Å². The lowest BCUT2D eigenvalue weighted by Crippen LogP contribution is -2.36. The van der Waals surface area contributed by atoms with Gasteiger partial charge in [0.05, 0.1) is 97.4 Å². The van der Waals surface area contributed by atoms with Crippen LogP contribution in [0.5, 0.6) is 5.75 Å². The summed E-state index contributed by atoms with van der Waals surface area (Å²) in [5.74, 6) is 1.69. The number of carbonyl (C=O) groups is 1. The Labute approximate surface area is 439 Å². The molecule has 0 atom stereocenters. The number of nitrogens with zero attached hydrogens (tertiary/aromatic N) is 9. The van der Waals surface area contributed by atoms with Crippen LogP contribution in [-0.4, -0.2) is 121 Å². The molecular weight excluding hydrogens is 967 g/mol. The molecule has 1 amide bonds. The first-order valence-corrected chi connectivity index (χ1v) is 25.5. The number of morpholine rings is 3. The maximum atomic E-state index is 13.5. The van der Waals surface area contributed by atoms with Crippen molar-refractivity contribution in [2.24, 2.45) is 0 Å². The van der Waals surface area contributed by atoms with E-state index >= 15 is 0 Å². The first-order valence-electron chi connectivity index (χ1n) is 25.5. The van der Waals surface area contributed by atoms with Crippen LogP contribution in [-0.2, 0) is 19.0 Å². The molecule has 3 aromatic heterocycles. The van der Waals surface area contributed by atoms with Gasteiger partial charge >= 0.3 is 0 Å². The fourth-order valence-corrected chi connectivity index (χ4v) is 9.03. The van der Waals surface area contributed by atoms with Crippen molar-refractivity contribution in [3.05, 3.63) is 152 Å². The van der Waals surface area contributed by atoms with Crippen LogP contribution < -0.4 is 24.8 Å². The van der Waals surface area contributed by atoms with Gasteiger partial charge in [-0.15, -0.1) is 0 Å². The van der Waals surface area contributed by atoms with Gasteiger partial charge in [-0.1, -0.05) is 48.5 Å². The second kappa shape index (κ2) is 24.0. The zero-order valence-corrected chi connectivity index (χ0v) is 42.7. The first kappa shape index (κ1) is 51.2. The SMILES string of the molecule is CC(=O)Nc1cccc(-c2ccc3ncc(N4CCOCC4)nc3c2)c1.CC(C)Oc1ccc(-c2ccc3ncc(N4CCOCC4)nc3c2)cc1.Fc1ccc(-c2ccc3ncc(N4CCOCC4)nc3c2)cc1F. The average Bonchev–Trinajstić information content (AvgIpc) is 3.46. The Balaban J connectivity index is 0.000000130. The Morgan fingerprint density at radius 1 is 0.487 bits per heavy atom. The van der Waals surface area contributed by atoms with E-state index in [2.05, 4.69) is 64.2 Å². The number of hydrogen-bond donors (Lipinski definition) is 1. The van der Waals surface area contributed by atoms with E-state index in [4.69, 9.17) is 28.9 Å². The van der Waals surface area contributed by atoms with Gasteiger partial charge in [0.25, 0.3) is 0 Å². The van der Waals surface area contributed by atoms with Crippen LogP contribution in [0.1, 0.15) is 20.8 Å². The summed E-state index contributed by atoms with van der Waals surface area (Å²) in [6, 6.07) is 37.6. The molecule has 12 rings (SSSR count). The lowest BCUT2D eigenvalue weighted by Gasteiger charge is -2.27. The maximum absolute atomic E-state index is 13.5. The number of nitrogens with one attached hydrogen (secondary N) is 1. The molecule has 3 aliphatic heterocycles. The highest BCUT2D eigenvalue weighted by Crippen LogP contribution is 2.30. The predicted molar refractivity (Wildman–Crippen MR) is 294 cm³/mol. The van der Waals surface area contributed by atoms with E-state index in [1.54, 1.807) is 12.3 Å². The van der Waals surface area contributed by atoms with E-state index in [1.807, 2.05) is 105 Å². The fraction of sp³-hybridized carbons (Fsp3) is 0.271. The lowest BCUT2D eigenvalue weighted by molar-refractivity contribution is -0.114. The summed E-state index contributed by atoms with van der Waals surface area (Å²) in [7, 11) is 0. The molecule has 0 unspecified atom stereocenters. The van der Waals surface area contributed by atoms with E-state index in [-0.39, 0.29) is 12.0 Å². The van der Waals surface area contributed by atoms with Crippen LogP contribution >= 0.6 is 0 Å². The molecule has 0 aliphatic carbocycles. The third-order valence-corrected chi connectivity index (χ3v) is 12.9. The minimum absolute atomic E-state index is 0.0818. The molecule has 388 valence electrons. The van der Waals surface area contributed by atoms with E-state index in [1.165, 1.54) is 13.0 Å². The van der Waals surface area contributed by atoms with Gasteiger partial charge in [-0.3, -0.25) is 19.7 Å². The van der Waals surface area contributed by atoms with Gasteiger partial charge in [0.15, 0.2) is 11.6 Å². The van der Waals surface area contributed by atoms with Gasteiger partial charge in [-0.25, -0.2) is 23.7 Å². The fourth-order valence-electron chi connectivity index (χ4n) is 9.03. The minimum atomic E-state index is -0.860. The molecule has 0 bridgehead atoms. The highest BCUT2D eigenvalue weighted by molar-refractivity contribution is 5.90. The molecular formula is C59H58F2N10O5. The third-order valence-electron chi connectivity index (χ3n) is 12.9. The first-order chi connectivity index (χ1) is 37.1. The zero-order valence-electron chi connectivity index (χ0n) is 42.7. The highest BCUT2D eigenvalue weighted by Gasteiger charge is 2.17. The van der Waals surface area contributed by atoms with Crippen molar-refractivity contribution in [1.29, 1.82) is 0 Å². The number of amides is 1. The van der Waals surface area contributed by atoms with Gasteiger partial charge in [0.1, 0.15) is 23.2 Å². The molecule has 0 radical (unpaired) electrons. The monoisotopic (exact) mass is 1020 g/mol. The van der Waals surface area contributed by atoms with Crippen LogP contribution in [0.3, 0.4) is 0 Å². The molecule has 3 aliphatic rings. The summed E-state index contributed by atoms with van der Waals surface area (Å²) in [5, 5.41) is 2.82. The summed E-state index contributed by atoms with van der Waals surface area (Å²) in [6.07, 6.45) is 5.61. The van der Waals surface area contributed by atoms with Gasteiger partial charge in [0, 0.05) is 51.9 Å². The van der Waals surface area contributed by atoms with Gasteiger partial charge in [-0.05, 0) is 120 Å². The second-order valence-electron chi connectivity index (χ2n) is 18.7. The number of ether oxygens (including phenoxy) is 4. The lowest BCUT2D eigenvalue weighted by atomic mass is 10.0. The van der Waals surface area contributed by atoms with Crippen molar-refractivity contribution in [3.8, 4) is 39.1 Å².